The van der Waals surface area contributed by atoms with Gasteiger partial charge >= 0.3 is 0 Å². The number of hydrogen-bond acceptors (Lipinski definition) is 2. The van der Waals surface area contributed by atoms with Crippen molar-refractivity contribution in [3.8, 4) is 0 Å². The molecule has 0 bridgehead atoms. The number of aromatic nitrogens is 2. The first kappa shape index (κ1) is 13.1. The molecule has 3 nitrogen and oxygen atoms in total. The maximum Gasteiger partial charge on any atom is 0.0597 e. The minimum absolute atomic E-state index is 0.217. The van der Waals surface area contributed by atoms with E-state index >= 15 is 0 Å². The van der Waals surface area contributed by atoms with Gasteiger partial charge in [-0.15, -0.1) is 0 Å². The van der Waals surface area contributed by atoms with Crippen LogP contribution >= 0.6 is 11.6 Å². The molecule has 0 radical (unpaired) electrons. The van der Waals surface area contributed by atoms with Crippen molar-refractivity contribution < 1.29 is 0 Å². The van der Waals surface area contributed by atoms with E-state index in [9.17, 15) is 0 Å². The Hall–Kier alpha value is -1.32. The number of nitrogens with one attached hydrogen (secondary N) is 1. The number of nitrogens with zero attached hydrogens (tertiary/aromatic N) is 2. The number of benzene rings is 1. The van der Waals surface area contributed by atoms with Crippen molar-refractivity contribution >= 4 is 11.6 Å². The average Bonchev–Trinajstić information content (AvgIpc) is 2.65. The Kier molecular flexibility index (Phi) is 4.04. The quantitative estimate of drug-likeness (QED) is 0.918. The maximum atomic E-state index is 6.18. The van der Waals surface area contributed by atoms with Crippen LogP contribution in [0.15, 0.2) is 30.3 Å². The summed E-state index contributed by atoms with van der Waals surface area (Å²) in [5.41, 5.74) is 3.34. The molecule has 0 aliphatic heterocycles. The van der Waals surface area contributed by atoms with Crippen LogP contribution in [-0.2, 0) is 13.6 Å². The number of rotatable bonds is 4. The Bertz CT molecular complexity index is 534. The molecule has 1 atom stereocenters. The summed E-state index contributed by atoms with van der Waals surface area (Å²) in [7, 11) is 1.96. The summed E-state index contributed by atoms with van der Waals surface area (Å²) in [6.45, 7) is 4.90. The topological polar surface area (TPSA) is 29.9 Å². The van der Waals surface area contributed by atoms with Crippen molar-refractivity contribution in [1.82, 2.24) is 15.1 Å². The molecule has 18 heavy (non-hydrogen) atoms. The van der Waals surface area contributed by atoms with Gasteiger partial charge in [-0.3, -0.25) is 4.68 Å². The van der Waals surface area contributed by atoms with Crippen LogP contribution in [0.3, 0.4) is 0 Å². The third-order valence-corrected chi connectivity index (χ3v) is 3.40. The highest BCUT2D eigenvalue weighted by atomic mass is 35.5. The maximum absolute atomic E-state index is 6.18. The zero-order valence-corrected chi connectivity index (χ0v) is 11.7. The van der Waals surface area contributed by atoms with Gasteiger partial charge in [0.15, 0.2) is 0 Å². The first-order valence-electron chi connectivity index (χ1n) is 6.05. The molecular formula is C14H18ClN3. The van der Waals surface area contributed by atoms with E-state index in [-0.39, 0.29) is 6.04 Å². The molecule has 0 saturated carbocycles. The van der Waals surface area contributed by atoms with E-state index in [4.69, 9.17) is 11.6 Å². The highest BCUT2D eigenvalue weighted by Crippen LogP contribution is 2.22. The zero-order chi connectivity index (χ0) is 13.1. The summed E-state index contributed by atoms with van der Waals surface area (Å²) in [5.74, 6) is 0. The zero-order valence-electron chi connectivity index (χ0n) is 10.9. The summed E-state index contributed by atoms with van der Waals surface area (Å²) in [6.07, 6.45) is 0. The molecule has 0 saturated heterocycles. The Labute approximate surface area is 113 Å². The molecule has 1 heterocycles. The van der Waals surface area contributed by atoms with E-state index in [0.717, 1.165) is 22.8 Å². The van der Waals surface area contributed by atoms with Gasteiger partial charge < -0.3 is 5.32 Å². The second kappa shape index (κ2) is 5.55. The van der Waals surface area contributed by atoms with Crippen LogP contribution < -0.4 is 5.32 Å². The van der Waals surface area contributed by atoms with E-state index in [1.54, 1.807) is 0 Å². The van der Waals surface area contributed by atoms with E-state index < -0.39 is 0 Å². The van der Waals surface area contributed by atoms with Crippen LogP contribution in [0.1, 0.15) is 29.9 Å². The van der Waals surface area contributed by atoms with Crippen LogP contribution in [0.2, 0.25) is 5.02 Å². The SMILES string of the molecule is Cc1cc(CN[C@@H](C)c2ccccc2Cl)n(C)n1. The molecule has 0 aliphatic carbocycles. The lowest BCUT2D eigenvalue weighted by Crippen LogP contribution is -2.20. The molecule has 2 rings (SSSR count). The van der Waals surface area contributed by atoms with Crippen LogP contribution in [0.25, 0.3) is 0 Å². The molecule has 0 spiro atoms. The van der Waals surface area contributed by atoms with Gasteiger partial charge in [0.05, 0.1) is 11.4 Å². The van der Waals surface area contributed by atoms with E-state index in [1.807, 2.05) is 36.9 Å². The molecule has 0 amide bonds. The predicted molar refractivity (Wildman–Crippen MR) is 74.7 cm³/mol. The van der Waals surface area contributed by atoms with Crippen molar-refractivity contribution in [2.45, 2.75) is 26.4 Å². The molecule has 0 fully saturated rings. The van der Waals surface area contributed by atoms with Gasteiger partial charge in [0.25, 0.3) is 0 Å². The molecule has 1 N–H and O–H groups in total. The second-order valence-electron chi connectivity index (χ2n) is 4.52. The molecule has 0 aliphatic rings. The van der Waals surface area contributed by atoms with Gasteiger partial charge in [0, 0.05) is 24.7 Å². The smallest absolute Gasteiger partial charge is 0.0597 e. The van der Waals surface area contributed by atoms with E-state index in [1.165, 1.54) is 5.69 Å². The summed E-state index contributed by atoms with van der Waals surface area (Å²) in [5, 5.41) is 8.60. The van der Waals surface area contributed by atoms with Crippen LogP contribution in [0.4, 0.5) is 0 Å². The second-order valence-corrected chi connectivity index (χ2v) is 4.93. The van der Waals surface area contributed by atoms with Crippen molar-refractivity contribution in [3.05, 3.63) is 52.3 Å². The summed E-state index contributed by atoms with van der Waals surface area (Å²) in [6, 6.07) is 10.2. The fourth-order valence-corrected chi connectivity index (χ4v) is 2.32. The van der Waals surface area contributed by atoms with Crippen LogP contribution in [0, 0.1) is 6.92 Å². The lowest BCUT2D eigenvalue weighted by molar-refractivity contribution is 0.548. The highest BCUT2D eigenvalue weighted by Gasteiger charge is 2.09. The van der Waals surface area contributed by atoms with Gasteiger partial charge in [-0.05, 0) is 31.5 Å². The first-order chi connectivity index (χ1) is 8.58. The Balaban J connectivity index is 2.03. The molecule has 2 aromatic rings. The minimum Gasteiger partial charge on any atom is -0.305 e. The fourth-order valence-electron chi connectivity index (χ4n) is 2.02. The summed E-state index contributed by atoms with van der Waals surface area (Å²) < 4.78 is 1.90. The third kappa shape index (κ3) is 2.92. The van der Waals surface area contributed by atoms with Gasteiger partial charge in [0.2, 0.25) is 0 Å². The monoisotopic (exact) mass is 263 g/mol. The summed E-state index contributed by atoms with van der Waals surface area (Å²) >= 11 is 6.18. The van der Waals surface area contributed by atoms with Crippen molar-refractivity contribution in [2.75, 3.05) is 0 Å². The highest BCUT2D eigenvalue weighted by molar-refractivity contribution is 6.31. The van der Waals surface area contributed by atoms with Crippen LogP contribution in [0.5, 0.6) is 0 Å². The first-order valence-corrected chi connectivity index (χ1v) is 6.43. The molecule has 1 aromatic carbocycles. The lowest BCUT2D eigenvalue weighted by atomic mass is 10.1. The standard InChI is InChI=1S/C14H18ClN3/c1-10-8-12(18(3)17-10)9-16-11(2)13-6-4-5-7-14(13)15/h4-8,11,16H,9H2,1-3H3/t11-/m0/s1. The molecule has 4 heteroatoms. The average molecular weight is 264 g/mol. The molecule has 1 aromatic heterocycles. The van der Waals surface area contributed by atoms with Crippen LogP contribution in [-0.4, -0.2) is 9.78 Å². The Morgan fingerprint density at radius 2 is 2.11 bits per heavy atom. The van der Waals surface area contributed by atoms with E-state index in [0.29, 0.717) is 0 Å². The molecule has 96 valence electrons. The number of aryl methyl sites for hydroxylation is 2. The summed E-state index contributed by atoms with van der Waals surface area (Å²) in [4.78, 5) is 0. The van der Waals surface area contributed by atoms with Crippen molar-refractivity contribution in [3.63, 3.8) is 0 Å². The van der Waals surface area contributed by atoms with E-state index in [2.05, 4.69) is 29.5 Å². The Morgan fingerprint density at radius 3 is 2.72 bits per heavy atom. The van der Waals surface area contributed by atoms with Gasteiger partial charge in [-0.1, -0.05) is 29.8 Å². The van der Waals surface area contributed by atoms with Crippen molar-refractivity contribution in [2.24, 2.45) is 7.05 Å². The molecule has 0 unspecified atom stereocenters. The normalized spacial score (nSPS) is 12.7. The van der Waals surface area contributed by atoms with Crippen molar-refractivity contribution in [1.29, 1.82) is 0 Å². The van der Waals surface area contributed by atoms with Gasteiger partial charge in [-0.2, -0.15) is 5.10 Å². The largest absolute Gasteiger partial charge is 0.305 e. The molecular weight excluding hydrogens is 246 g/mol. The number of halogens is 1. The number of hydrogen-bond donors (Lipinski definition) is 1. The lowest BCUT2D eigenvalue weighted by Gasteiger charge is -2.15. The van der Waals surface area contributed by atoms with Gasteiger partial charge in [-0.25, -0.2) is 0 Å². The van der Waals surface area contributed by atoms with Gasteiger partial charge in [0.1, 0.15) is 0 Å². The minimum atomic E-state index is 0.217. The predicted octanol–water partition coefficient (Wildman–Crippen LogP) is 3.23. The third-order valence-electron chi connectivity index (χ3n) is 3.06. The fraction of sp³-hybridized carbons (Fsp3) is 0.357. The Morgan fingerprint density at radius 1 is 1.39 bits per heavy atom.